The van der Waals surface area contributed by atoms with Gasteiger partial charge in [-0.3, -0.25) is 9.59 Å². The Balaban J connectivity index is 2.52. The van der Waals surface area contributed by atoms with Gasteiger partial charge < -0.3 is 4.74 Å². The van der Waals surface area contributed by atoms with Crippen LogP contribution in [0.2, 0.25) is 5.02 Å². The van der Waals surface area contributed by atoms with Gasteiger partial charge in [0.1, 0.15) is 5.75 Å². The van der Waals surface area contributed by atoms with Crippen molar-refractivity contribution < 1.29 is 9.53 Å². The Kier molecular flexibility index (Phi) is 3.43. The van der Waals surface area contributed by atoms with Crippen molar-refractivity contribution >= 4 is 17.9 Å². The van der Waals surface area contributed by atoms with Gasteiger partial charge in [0.05, 0.1) is 23.4 Å². The number of aromatic amines is 1. The molecule has 0 amide bonds. The normalized spacial score (nSPS) is 10.1. The first-order valence-electron chi connectivity index (χ1n) is 5.04. The molecular weight excluding hydrogens is 256 g/mol. The number of H-pyrrole nitrogens is 1. The van der Waals surface area contributed by atoms with Crippen molar-refractivity contribution in [2.75, 3.05) is 7.11 Å². The highest BCUT2D eigenvalue weighted by Crippen LogP contribution is 2.28. The molecule has 0 radical (unpaired) electrons. The number of carbonyl (C=O) groups excluding carboxylic acids is 1. The average Bonchev–Trinajstić information content (AvgIpc) is 2.39. The summed E-state index contributed by atoms with van der Waals surface area (Å²) in [5.41, 5.74) is 0.640. The topological polar surface area (TPSA) is 72.1 Å². The lowest BCUT2D eigenvalue weighted by Gasteiger charge is -2.05. The van der Waals surface area contributed by atoms with Gasteiger partial charge in [0.25, 0.3) is 5.56 Å². The van der Waals surface area contributed by atoms with E-state index in [2.05, 4.69) is 10.2 Å². The van der Waals surface area contributed by atoms with Crippen molar-refractivity contribution in [3.05, 3.63) is 45.2 Å². The Bertz CT molecular complexity index is 652. The molecule has 2 rings (SSSR count). The summed E-state index contributed by atoms with van der Waals surface area (Å²) in [6, 6.07) is 6.48. The number of hydrogen-bond acceptors (Lipinski definition) is 4. The molecule has 0 aliphatic heterocycles. The maximum atomic E-state index is 11.2. The SMILES string of the molecule is COc1ccc(-c2cc(C=O)c(=O)[nH]n2)cc1Cl. The fourth-order valence-corrected chi connectivity index (χ4v) is 1.74. The summed E-state index contributed by atoms with van der Waals surface area (Å²) in [4.78, 5) is 21.9. The minimum Gasteiger partial charge on any atom is -0.495 e. The molecule has 0 aliphatic rings. The van der Waals surface area contributed by atoms with E-state index in [1.165, 1.54) is 13.2 Å². The highest BCUT2D eigenvalue weighted by molar-refractivity contribution is 6.32. The van der Waals surface area contributed by atoms with Gasteiger partial charge in [0.15, 0.2) is 6.29 Å². The zero-order chi connectivity index (χ0) is 13.1. The highest BCUT2D eigenvalue weighted by atomic mass is 35.5. The molecule has 6 heteroatoms. The molecule has 0 unspecified atom stereocenters. The summed E-state index contributed by atoms with van der Waals surface area (Å²) >= 11 is 5.99. The van der Waals surface area contributed by atoms with E-state index in [-0.39, 0.29) is 5.56 Å². The van der Waals surface area contributed by atoms with Crippen LogP contribution >= 0.6 is 11.6 Å². The van der Waals surface area contributed by atoms with Crippen LogP contribution in [-0.2, 0) is 0 Å². The number of methoxy groups -OCH3 is 1. The largest absolute Gasteiger partial charge is 0.495 e. The number of rotatable bonds is 3. The van der Waals surface area contributed by atoms with E-state index in [0.29, 0.717) is 28.3 Å². The van der Waals surface area contributed by atoms with Gasteiger partial charge >= 0.3 is 0 Å². The molecule has 0 fully saturated rings. The highest BCUT2D eigenvalue weighted by Gasteiger charge is 2.07. The van der Waals surface area contributed by atoms with Crippen LogP contribution in [0.25, 0.3) is 11.3 Å². The Morgan fingerprint density at radius 1 is 1.39 bits per heavy atom. The summed E-state index contributed by atoms with van der Waals surface area (Å²) in [5.74, 6) is 0.542. The van der Waals surface area contributed by atoms with Crippen molar-refractivity contribution in [3.63, 3.8) is 0 Å². The number of benzene rings is 1. The first-order chi connectivity index (χ1) is 8.65. The summed E-state index contributed by atoms with van der Waals surface area (Å²) in [5, 5.41) is 6.54. The number of aldehydes is 1. The van der Waals surface area contributed by atoms with Crippen LogP contribution < -0.4 is 10.3 Å². The summed E-state index contributed by atoms with van der Waals surface area (Å²) < 4.78 is 5.03. The second-order valence-electron chi connectivity index (χ2n) is 3.50. The molecule has 0 atom stereocenters. The van der Waals surface area contributed by atoms with Gasteiger partial charge in [-0.05, 0) is 24.3 Å². The molecule has 1 N–H and O–H groups in total. The van der Waals surface area contributed by atoms with Gasteiger partial charge in [0.2, 0.25) is 0 Å². The molecule has 18 heavy (non-hydrogen) atoms. The van der Waals surface area contributed by atoms with Crippen molar-refractivity contribution in [1.29, 1.82) is 0 Å². The van der Waals surface area contributed by atoms with Gasteiger partial charge in [-0.25, -0.2) is 5.10 Å². The van der Waals surface area contributed by atoms with Crippen LogP contribution in [0, 0.1) is 0 Å². The third-order valence-corrected chi connectivity index (χ3v) is 2.70. The minimum atomic E-state index is -0.520. The number of halogens is 1. The third-order valence-electron chi connectivity index (χ3n) is 2.41. The van der Waals surface area contributed by atoms with E-state index in [4.69, 9.17) is 16.3 Å². The lowest BCUT2D eigenvalue weighted by molar-refractivity contribution is 0.112. The maximum Gasteiger partial charge on any atom is 0.274 e. The maximum absolute atomic E-state index is 11.2. The molecule has 1 aromatic carbocycles. The first kappa shape index (κ1) is 12.3. The van der Waals surface area contributed by atoms with Crippen LogP contribution in [0.4, 0.5) is 0 Å². The second kappa shape index (κ2) is 5.01. The van der Waals surface area contributed by atoms with Gasteiger partial charge in [0, 0.05) is 5.56 Å². The van der Waals surface area contributed by atoms with E-state index >= 15 is 0 Å². The molecule has 92 valence electrons. The van der Waals surface area contributed by atoms with Crippen molar-refractivity contribution in [3.8, 4) is 17.0 Å². The molecule has 1 heterocycles. The third kappa shape index (κ3) is 2.26. The Morgan fingerprint density at radius 3 is 2.78 bits per heavy atom. The van der Waals surface area contributed by atoms with Crippen LogP contribution in [0.15, 0.2) is 29.1 Å². The van der Waals surface area contributed by atoms with E-state index in [1.54, 1.807) is 18.2 Å². The summed E-state index contributed by atoms with van der Waals surface area (Å²) in [6.07, 6.45) is 0.481. The molecule has 0 aliphatic carbocycles. The smallest absolute Gasteiger partial charge is 0.274 e. The van der Waals surface area contributed by atoms with Crippen molar-refractivity contribution in [2.45, 2.75) is 0 Å². The first-order valence-corrected chi connectivity index (χ1v) is 5.42. The predicted octanol–water partition coefficient (Wildman–Crippen LogP) is 1.91. The van der Waals surface area contributed by atoms with Crippen LogP contribution in [0.1, 0.15) is 10.4 Å². The minimum absolute atomic E-state index is 0.0203. The summed E-state index contributed by atoms with van der Waals surface area (Å²) in [6.45, 7) is 0. The number of aromatic nitrogens is 2. The second-order valence-corrected chi connectivity index (χ2v) is 3.91. The van der Waals surface area contributed by atoms with Gasteiger partial charge in [-0.15, -0.1) is 0 Å². The molecule has 2 aromatic rings. The molecule has 1 aromatic heterocycles. The number of ether oxygens (including phenoxy) is 1. The standard InChI is InChI=1S/C12H9ClN2O3/c1-18-11-3-2-7(4-9(11)13)10-5-8(6-16)12(17)15-14-10/h2-6H,1H3,(H,15,17). The van der Waals surface area contributed by atoms with E-state index in [1.807, 2.05) is 0 Å². The zero-order valence-corrected chi connectivity index (χ0v) is 10.2. The molecule has 0 bridgehead atoms. The lowest BCUT2D eigenvalue weighted by atomic mass is 10.1. The van der Waals surface area contributed by atoms with Gasteiger partial charge in [-0.2, -0.15) is 5.10 Å². The Labute approximate surface area is 107 Å². The number of carbonyl (C=O) groups is 1. The number of hydrogen-bond donors (Lipinski definition) is 1. The summed E-state index contributed by atoms with van der Waals surface area (Å²) in [7, 11) is 1.52. The molecule has 0 saturated heterocycles. The number of nitrogens with one attached hydrogen (secondary N) is 1. The zero-order valence-electron chi connectivity index (χ0n) is 9.44. The molecule has 5 nitrogen and oxygen atoms in total. The van der Waals surface area contributed by atoms with Crippen molar-refractivity contribution in [2.24, 2.45) is 0 Å². The predicted molar refractivity (Wildman–Crippen MR) is 67.2 cm³/mol. The molecule has 0 saturated carbocycles. The van der Waals surface area contributed by atoms with E-state index < -0.39 is 5.56 Å². The monoisotopic (exact) mass is 264 g/mol. The van der Waals surface area contributed by atoms with Crippen LogP contribution in [0.3, 0.4) is 0 Å². The molecular formula is C12H9ClN2O3. The quantitative estimate of drug-likeness (QED) is 0.860. The fourth-order valence-electron chi connectivity index (χ4n) is 1.48. The van der Waals surface area contributed by atoms with Crippen LogP contribution in [0.5, 0.6) is 5.75 Å². The average molecular weight is 265 g/mol. The van der Waals surface area contributed by atoms with E-state index in [0.717, 1.165) is 0 Å². The fraction of sp³-hybridized carbons (Fsp3) is 0.0833. The number of nitrogens with zero attached hydrogens (tertiary/aromatic N) is 1. The van der Waals surface area contributed by atoms with Gasteiger partial charge in [-0.1, -0.05) is 11.6 Å². The van der Waals surface area contributed by atoms with E-state index in [9.17, 15) is 9.59 Å². The lowest BCUT2D eigenvalue weighted by Crippen LogP contribution is -2.13. The van der Waals surface area contributed by atoms with Crippen molar-refractivity contribution in [1.82, 2.24) is 10.2 Å². The van der Waals surface area contributed by atoms with Crippen LogP contribution in [-0.4, -0.2) is 23.6 Å². The Hall–Kier alpha value is -2.14. The molecule has 0 spiro atoms. The Morgan fingerprint density at radius 2 is 2.17 bits per heavy atom.